The number of thiazole rings is 1. The number of ketones is 1. The summed E-state index contributed by atoms with van der Waals surface area (Å²) in [5.41, 5.74) is 10.4. The first-order valence-electron chi connectivity index (χ1n) is 33.8. The summed E-state index contributed by atoms with van der Waals surface area (Å²) in [4.78, 5) is 36.4. The molecule has 538 valence electrons. The molecule has 11 aromatic rings. The van der Waals surface area contributed by atoms with Crippen molar-refractivity contribution in [2.45, 2.75) is 270 Å². The van der Waals surface area contributed by atoms with Crippen molar-refractivity contribution in [2.75, 3.05) is 0 Å². The number of nitrogens with zero attached hydrogens (tertiary/aromatic N) is 12. The molecule has 0 aliphatic heterocycles. The maximum absolute atomic E-state index is 10.9. The predicted octanol–water partition coefficient (Wildman–Crippen LogP) is 21.6. The number of fused-ring (bicyclic) bond motifs is 2. The molecule has 0 spiro atoms. The van der Waals surface area contributed by atoms with E-state index in [-0.39, 0.29) is 54.6 Å². The van der Waals surface area contributed by atoms with Crippen LogP contribution in [0.1, 0.15) is 273 Å². The molecule has 11 rings (SSSR count). The quantitative estimate of drug-likeness (QED) is 0.140. The number of carbonyl (C=O) groups is 1. The van der Waals surface area contributed by atoms with Gasteiger partial charge in [0.15, 0.2) is 23.1 Å². The van der Waals surface area contributed by atoms with Gasteiger partial charge in [-0.2, -0.15) is 15.2 Å². The normalized spacial score (nSPS) is 11.9. The van der Waals surface area contributed by atoms with Gasteiger partial charge in [0.25, 0.3) is 0 Å². The molecule has 0 aliphatic carbocycles. The lowest BCUT2D eigenvalue weighted by Crippen LogP contribution is -2.21. The average molecular weight is 1370 g/mol. The van der Waals surface area contributed by atoms with Gasteiger partial charge in [0.2, 0.25) is 23.6 Å². The van der Waals surface area contributed by atoms with Crippen LogP contribution in [0.15, 0.2) is 152 Å². The third kappa shape index (κ3) is 30.3. The van der Waals surface area contributed by atoms with Crippen LogP contribution in [0.3, 0.4) is 0 Å². The van der Waals surface area contributed by atoms with E-state index >= 15 is 0 Å². The second-order valence-corrected chi connectivity index (χ2v) is 34.6. The molecule has 99 heavy (non-hydrogen) atoms. The first-order valence-corrected chi connectivity index (χ1v) is 34.7. The predicted molar refractivity (Wildman–Crippen MR) is 407 cm³/mol. The van der Waals surface area contributed by atoms with Crippen LogP contribution < -0.4 is 0 Å². The number of aryl methyl sites for hydroxylation is 4. The van der Waals surface area contributed by atoms with Crippen molar-refractivity contribution in [1.82, 2.24) is 60.0 Å². The van der Waals surface area contributed by atoms with E-state index in [1.54, 1.807) is 55.4 Å². The fourth-order valence-electron chi connectivity index (χ4n) is 8.09. The lowest BCUT2D eigenvalue weighted by Gasteiger charge is -2.23. The van der Waals surface area contributed by atoms with Crippen molar-refractivity contribution in [3.8, 4) is 0 Å². The van der Waals surface area contributed by atoms with Crippen molar-refractivity contribution in [2.24, 2.45) is 0 Å². The average Bonchev–Trinajstić information content (AvgIpc) is 1.68. The Hall–Kier alpha value is -8.38. The maximum Gasteiger partial charge on any atom is 0.232 e. The number of hydrogen-bond donors (Lipinski definition) is 0. The fourth-order valence-corrected chi connectivity index (χ4v) is 9.12. The Kier molecular flexibility index (Phi) is 30.5. The van der Waals surface area contributed by atoms with Crippen LogP contribution in [0.25, 0.3) is 21.3 Å². The summed E-state index contributed by atoms with van der Waals surface area (Å²) < 4.78 is 24.5. The topological polar surface area (TPSA) is 216 Å². The van der Waals surface area contributed by atoms with E-state index in [9.17, 15) is 4.79 Å². The zero-order valence-electron chi connectivity index (χ0n) is 66.0. The Morgan fingerprint density at radius 3 is 1.31 bits per heavy atom. The van der Waals surface area contributed by atoms with Crippen molar-refractivity contribution in [3.05, 3.63) is 208 Å². The third-order valence-corrected chi connectivity index (χ3v) is 15.6. The summed E-state index contributed by atoms with van der Waals surface area (Å²) in [5.74, 6) is 4.33. The van der Waals surface area contributed by atoms with Gasteiger partial charge in [-0.05, 0) is 129 Å². The highest BCUT2D eigenvalue weighted by Gasteiger charge is 2.24. The maximum atomic E-state index is 10.9. The molecule has 0 radical (unpaired) electrons. The fraction of sp³-hybridized carbons (Fsp3) is 0.506. The Morgan fingerprint density at radius 2 is 0.980 bits per heavy atom. The monoisotopic (exact) mass is 1370 g/mol. The van der Waals surface area contributed by atoms with E-state index in [1.807, 2.05) is 104 Å². The third-order valence-electron chi connectivity index (χ3n) is 14.2. The van der Waals surface area contributed by atoms with Gasteiger partial charge in [0.05, 0.1) is 27.6 Å². The molecule has 17 nitrogen and oxygen atoms in total. The highest BCUT2D eigenvalue weighted by Crippen LogP contribution is 2.32. The minimum absolute atomic E-state index is 0.0143. The molecule has 0 fully saturated rings. The number of benzene rings is 2. The number of Topliss-reactive ketones (excluding diaryl/α,β-unsaturated/α-hetero) is 1. The van der Waals surface area contributed by atoms with Crippen LogP contribution >= 0.6 is 11.3 Å². The zero-order chi connectivity index (χ0) is 75.3. The highest BCUT2D eigenvalue weighted by molar-refractivity contribution is 7.18. The number of aromatic nitrogens is 12. The van der Waals surface area contributed by atoms with Crippen molar-refractivity contribution in [3.63, 3.8) is 0 Å². The van der Waals surface area contributed by atoms with E-state index in [1.165, 1.54) is 33.5 Å². The molecule has 9 aromatic heterocycles. The molecule has 9 heterocycles. The number of pyridine rings is 2. The van der Waals surface area contributed by atoms with E-state index in [2.05, 4.69) is 261 Å². The molecule has 2 aromatic carbocycles. The summed E-state index contributed by atoms with van der Waals surface area (Å²) in [6, 6.07) is 30.3. The minimum Gasteiger partial charge on any atom is -0.448 e. The molecule has 0 bridgehead atoms. The zero-order valence-corrected chi connectivity index (χ0v) is 66.8. The molecule has 0 unspecified atom stereocenters. The van der Waals surface area contributed by atoms with E-state index in [0.29, 0.717) is 29.2 Å². The molecule has 0 N–H and O–H groups in total. The number of para-hydroxylation sites is 3. The Balaban J connectivity index is 0.000000291. The van der Waals surface area contributed by atoms with E-state index in [0.717, 1.165) is 39.7 Å². The first-order chi connectivity index (χ1) is 45.3. The molecular weight excluding hydrogens is 1250 g/mol. The summed E-state index contributed by atoms with van der Waals surface area (Å²) in [6.07, 6.45) is 12.6. The molecule has 0 atom stereocenters. The van der Waals surface area contributed by atoms with Crippen LogP contribution in [0.4, 0.5) is 0 Å². The number of oxazole rings is 2. The number of rotatable bonds is 1. The number of carbonyl (C=O) groups excluding carboxylic acids is 1. The van der Waals surface area contributed by atoms with Gasteiger partial charge < -0.3 is 22.3 Å². The number of hydrogen-bond acceptors (Lipinski definition) is 17. The lowest BCUT2D eigenvalue weighted by molar-refractivity contribution is 0.101. The summed E-state index contributed by atoms with van der Waals surface area (Å²) in [5, 5.41) is 20.1. The molecule has 18 heteroatoms. The standard InChI is InChI=1S/C11H13NO.C11H15NO.C11H13NS.C10H15N.C9H15N.C8H12N2.2C7H12N2O.C7H11NO/c1-11(2,3)10-12-8-6-4-5-7-9(8)13-10;1-8(13)10-6-5-9(7-12-10)11(2,3)4;1-11(2,3)10-12-8-6-4-5-7-9(8)13-10;1-8-5-6-9(7-11-8)10(2,3)4;1-8-6-5-7-10(8)9(2,3)4;1-8(2,3)7-4-5-9-10-6-7;1-5-8-9-6(10-5)7(2,3)4;1-5-8-6(10-9-5)7(2,3)4;1-7(2,3)6-8-4-5-9-6/h4-7H,1-3H3;5-7H,1-4H3;4-7H,1-3H3;5-7H,1-4H3;5-7H,1-4H3;4-6H,1-3H3;2*1-4H3;4-5H,1-3H3. The van der Waals surface area contributed by atoms with Crippen LogP contribution in [-0.2, 0) is 48.9 Å². The van der Waals surface area contributed by atoms with Gasteiger partial charge in [-0.15, -0.1) is 21.5 Å². The highest BCUT2D eigenvalue weighted by atomic mass is 32.1. The van der Waals surface area contributed by atoms with Gasteiger partial charge in [-0.25, -0.2) is 15.0 Å². The largest absolute Gasteiger partial charge is 0.448 e. The summed E-state index contributed by atoms with van der Waals surface area (Å²) >= 11 is 1.79. The van der Waals surface area contributed by atoms with Crippen molar-refractivity contribution < 1.29 is 22.6 Å². The van der Waals surface area contributed by atoms with Crippen LogP contribution in [0.5, 0.6) is 0 Å². The van der Waals surface area contributed by atoms with Gasteiger partial charge in [0, 0.05) is 82.6 Å². The molecule has 0 saturated carbocycles. The van der Waals surface area contributed by atoms with Gasteiger partial charge >= 0.3 is 0 Å². The second-order valence-electron chi connectivity index (χ2n) is 33.6. The smallest absolute Gasteiger partial charge is 0.232 e. The van der Waals surface area contributed by atoms with Crippen LogP contribution in [-0.4, -0.2) is 65.8 Å². The lowest BCUT2D eigenvalue weighted by atomic mass is 9.88. The molecule has 0 amide bonds. The van der Waals surface area contributed by atoms with Gasteiger partial charge in [-0.1, -0.05) is 208 Å². The Labute approximate surface area is 596 Å². The van der Waals surface area contributed by atoms with Crippen LogP contribution in [0.2, 0.25) is 0 Å². The molecule has 0 aliphatic rings. The Morgan fingerprint density at radius 1 is 0.444 bits per heavy atom. The van der Waals surface area contributed by atoms with Crippen molar-refractivity contribution >= 4 is 38.4 Å². The summed E-state index contributed by atoms with van der Waals surface area (Å²) in [7, 11) is 0. The van der Waals surface area contributed by atoms with E-state index < -0.39 is 0 Å². The van der Waals surface area contributed by atoms with Crippen LogP contribution in [0, 0.1) is 27.7 Å². The van der Waals surface area contributed by atoms with Gasteiger partial charge in [-0.3, -0.25) is 14.8 Å². The molecule has 0 saturated heterocycles. The first kappa shape index (κ1) is 84.8. The Bertz CT molecular complexity index is 3890. The van der Waals surface area contributed by atoms with E-state index in [4.69, 9.17) is 17.8 Å². The second kappa shape index (κ2) is 35.6. The summed E-state index contributed by atoms with van der Waals surface area (Å²) in [6.45, 7) is 66.7. The SMILES string of the molecule is CC(=O)c1ccc(C(C)(C)C)cn1.CC(C)(C)c1ccnnc1.CC(C)(C)c1nc2ccccc2o1.CC(C)(C)c1nc2ccccc2s1.CC(C)(C)c1ncco1.Cc1ccc(C(C)(C)C)cn1.Cc1cccn1C(C)(C)C.Cc1nnc(C(C)(C)C)o1.Cc1noc(C(C)(C)C)n1. The minimum atomic E-state index is -0.0265. The van der Waals surface area contributed by atoms with Crippen molar-refractivity contribution in [1.29, 1.82) is 0 Å². The van der Waals surface area contributed by atoms with Gasteiger partial charge in [0.1, 0.15) is 17.5 Å². The molecular formula is C81H118N12O5S.